The lowest BCUT2D eigenvalue weighted by atomic mass is 10.2. The Morgan fingerprint density at radius 1 is 1.11 bits per heavy atom. The molecule has 5 aromatic rings. The van der Waals surface area contributed by atoms with E-state index in [1.165, 1.54) is 45.2 Å². The predicted octanol–water partition coefficient (Wildman–Crippen LogP) is 4.99. The molecule has 0 spiro atoms. The molecule has 0 fully saturated rings. The summed E-state index contributed by atoms with van der Waals surface area (Å²) in [5.74, 6) is 0.746. The molecule has 0 N–H and O–H groups in total. The highest BCUT2D eigenvalue weighted by molar-refractivity contribution is 7.09. The number of nitrogens with zero attached hydrogens (tertiary/aromatic N) is 5. The van der Waals surface area contributed by atoms with Crippen LogP contribution in [-0.4, -0.2) is 24.3 Å². The number of ether oxygens (including phenoxy) is 1. The third-order valence-electron chi connectivity index (χ3n) is 5.29. The standard InChI is InChI=1S/C24H18F3N5O2S/c1-15-5-7-19(8-6-15)34-12-21-30-17(13-35-21)11-31-14-28-22-20(23(31)33)10-29-32(22)18-4-2-3-16(9-18)24(25,26)27/h2-10,13-14H,11-12H2,1H3. The predicted molar refractivity (Wildman–Crippen MR) is 125 cm³/mol. The number of hydrogen-bond acceptors (Lipinski definition) is 6. The summed E-state index contributed by atoms with van der Waals surface area (Å²) in [5.41, 5.74) is 0.987. The average Bonchev–Trinajstić information content (AvgIpc) is 3.47. The van der Waals surface area contributed by atoms with Gasteiger partial charge in [0.25, 0.3) is 5.56 Å². The lowest BCUT2D eigenvalue weighted by Crippen LogP contribution is -2.21. The van der Waals surface area contributed by atoms with Gasteiger partial charge in [-0.15, -0.1) is 11.3 Å². The van der Waals surface area contributed by atoms with E-state index >= 15 is 0 Å². The van der Waals surface area contributed by atoms with Crippen LogP contribution in [0.3, 0.4) is 0 Å². The molecule has 0 aliphatic rings. The fourth-order valence-electron chi connectivity index (χ4n) is 3.51. The van der Waals surface area contributed by atoms with Crippen LogP contribution in [-0.2, 0) is 19.3 Å². The molecule has 0 radical (unpaired) electrons. The Kier molecular flexibility index (Phi) is 5.85. The van der Waals surface area contributed by atoms with Crippen molar-refractivity contribution in [1.29, 1.82) is 0 Å². The molecule has 0 bridgehead atoms. The highest BCUT2D eigenvalue weighted by Gasteiger charge is 2.30. The van der Waals surface area contributed by atoms with Gasteiger partial charge in [0.05, 0.1) is 29.7 Å². The molecule has 3 aromatic heterocycles. The molecule has 0 unspecified atom stereocenters. The van der Waals surface area contributed by atoms with Crippen LogP contribution in [0.25, 0.3) is 16.7 Å². The number of thiazole rings is 1. The van der Waals surface area contributed by atoms with Gasteiger partial charge in [-0.25, -0.2) is 14.6 Å². The molecule has 2 aromatic carbocycles. The molecule has 11 heteroatoms. The quantitative estimate of drug-likeness (QED) is 0.330. The van der Waals surface area contributed by atoms with Gasteiger partial charge in [-0.1, -0.05) is 23.8 Å². The van der Waals surface area contributed by atoms with E-state index in [0.29, 0.717) is 12.3 Å². The van der Waals surface area contributed by atoms with Gasteiger partial charge in [0.15, 0.2) is 5.65 Å². The minimum atomic E-state index is -4.49. The minimum absolute atomic E-state index is 0.164. The number of aromatic nitrogens is 5. The van der Waals surface area contributed by atoms with Gasteiger partial charge in [-0.05, 0) is 37.3 Å². The summed E-state index contributed by atoms with van der Waals surface area (Å²) < 4.78 is 47.6. The number of rotatable bonds is 6. The van der Waals surface area contributed by atoms with Gasteiger partial charge in [0.2, 0.25) is 0 Å². The van der Waals surface area contributed by atoms with E-state index in [0.717, 1.165) is 28.5 Å². The first-order valence-corrected chi connectivity index (χ1v) is 11.4. The number of alkyl halides is 3. The summed E-state index contributed by atoms with van der Waals surface area (Å²) in [6, 6.07) is 12.4. The van der Waals surface area contributed by atoms with E-state index in [-0.39, 0.29) is 28.8 Å². The fourth-order valence-corrected chi connectivity index (χ4v) is 4.20. The maximum Gasteiger partial charge on any atom is 0.416 e. The highest BCUT2D eigenvalue weighted by Crippen LogP contribution is 2.30. The normalized spacial score (nSPS) is 11.8. The van der Waals surface area contributed by atoms with Gasteiger partial charge in [-0.2, -0.15) is 18.3 Å². The molecular formula is C24H18F3N5O2S. The smallest absolute Gasteiger partial charge is 0.416 e. The Hall–Kier alpha value is -3.99. The lowest BCUT2D eigenvalue weighted by Gasteiger charge is -2.09. The van der Waals surface area contributed by atoms with Crippen LogP contribution in [0.4, 0.5) is 13.2 Å². The van der Waals surface area contributed by atoms with Gasteiger partial charge in [0.1, 0.15) is 29.1 Å². The van der Waals surface area contributed by atoms with Crippen LogP contribution in [0.2, 0.25) is 0 Å². The van der Waals surface area contributed by atoms with Crippen molar-refractivity contribution < 1.29 is 17.9 Å². The summed E-state index contributed by atoms with van der Waals surface area (Å²) in [6.45, 7) is 2.50. The monoisotopic (exact) mass is 497 g/mol. The zero-order valence-corrected chi connectivity index (χ0v) is 19.2. The molecule has 178 valence electrons. The fraction of sp³-hybridized carbons (Fsp3) is 0.167. The van der Waals surface area contributed by atoms with Crippen LogP contribution in [0, 0.1) is 6.92 Å². The van der Waals surface area contributed by atoms with Crippen LogP contribution in [0.15, 0.2) is 71.2 Å². The minimum Gasteiger partial charge on any atom is -0.486 e. The molecule has 0 aliphatic carbocycles. The summed E-state index contributed by atoms with van der Waals surface area (Å²) in [5, 5.41) is 6.91. The van der Waals surface area contributed by atoms with Crippen molar-refractivity contribution in [3.8, 4) is 11.4 Å². The Bertz CT molecular complexity index is 1550. The van der Waals surface area contributed by atoms with Crippen LogP contribution < -0.4 is 10.3 Å². The van der Waals surface area contributed by atoms with E-state index in [2.05, 4.69) is 15.1 Å². The van der Waals surface area contributed by atoms with Crippen molar-refractivity contribution in [3.05, 3.63) is 98.6 Å². The largest absolute Gasteiger partial charge is 0.486 e. The van der Waals surface area contributed by atoms with Crippen molar-refractivity contribution in [3.63, 3.8) is 0 Å². The molecular weight excluding hydrogens is 479 g/mol. The Morgan fingerprint density at radius 3 is 2.69 bits per heavy atom. The zero-order chi connectivity index (χ0) is 24.6. The van der Waals surface area contributed by atoms with Crippen molar-refractivity contribution in [1.82, 2.24) is 24.3 Å². The van der Waals surface area contributed by atoms with E-state index in [1.807, 2.05) is 36.6 Å². The maximum absolute atomic E-state index is 13.1. The van der Waals surface area contributed by atoms with Gasteiger partial charge in [0, 0.05) is 5.38 Å². The van der Waals surface area contributed by atoms with E-state index < -0.39 is 11.7 Å². The van der Waals surface area contributed by atoms with Gasteiger partial charge < -0.3 is 4.74 Å². The Labute approximate surface area is 201 Å². The Morgan fingerprint density at radius 2 is 1.91 bits per heavy atom. The van der Waals surface area contributed by atoms with Crippen LogP contribution in [0.1, 0.15) is 21.8 Å². The van der Waals surface area contributed by atoms with Crippen molar-refractivity contribution in [2.24, 2.45) is 0 Å². The van der Waals surface area contributed by atoms with E-state index in [9.17, 15) is 18.0 Å². The molecule has 0 aliphatic heterocycles. The first-order valence-electron chi connectivity index (χ1n) is 10.5. The average molecular weight is 498 g/mol. The van der Waals surface area contributed by atoms with Crippen LogP contribution in [0.5, 0.6) is 5.75 Å². The molecule has 3 heterocycles. The number of fused-ring (bicyclic) bond motifs is 1. The van der Waals surface area contributed by atoms with Crippen molar-refractivity contribution in [2.75, 3.05) is 0 Å². The summed E-state index contributed by atoms with van der Waals surface area (Å²) >= 11 is 1.43. The van der Waals surface area contributed by atoms with Gasteiger partial charge >= 0.3 is 6.18 Å². The number of halogens is 3. The highest BCUT2D eigenvalue weighted by atomic mass is 32.1. The second-order valence-corrected chi connectivity index (χ2v) is 8.80. The molecule has 0 amide bonds. The third kappa shape index (κ3) is 4.80. The topological polar surface area (TPSA) is 74.8 Å². The molecule has 5 rings (SSSR count). The third-order valence-corrected chi connectivity index (χ3v) is 6.16. The number of aryl methyl sites for hydroxylation is 1. The summed E-state index contributed by atoms with van der Waals surface area (Å²) in [4.78, 5) is 21.8. The molecule has 35 heavy (non-hydrogen) atoms. The Balaban J connectivity index is 1.35. The molecule has 0 saturated carbocycles. The van der Waals surface area contributed by atoms with Crippen LogP contribution >= 0.6 is 11.3 Å². The summed E-state index contributed by atoms with van der Waals surface area (Å²) in [6.07, 6.45) is -1.84. The first kappa shape index (κ1) is 22.8. The number of hydrogen-bond donors (Lipinski definition) is 0. The molecule has 0 saturated heterocycles. The second-order valence-electron chi connectivity index (χ2n) is 7.85. The zero-order valence-electron chi connectivity index (χ0n) is 18.4. The molecule has 0 atom stereocenters. The van der Waals surface area contributed by atoms with Crippen molar-refractivity contribution >= 4 is 22.4 Å². The number of benzene rings is 2. The second kappa shape index (κ2) is 8.99. The SMILES string of the molecule is Cc1ccc(OCc2nc(Cn3cnc4c(cnn4-c4cccc(C(F)(F)F)c4)c3=O)cs2)cc1. The maximum atomic E-state index is 13.1. The van der Waals surface area contributed by atoms with E-state index in [4.69, 9.17) is 4.74 Å². The van der Waals surface area contributed by atoms with Gasteiger partial charge in [-0.3, -0.25) is 9.36 Å². The molecule has 7 nitrogen and oxygen atoms in total. The lowest BCUT2D eigenvalue weighted by molar-refractivity contribution is -0.137. The van der Waals surface area contributed by atoms with E-state index in [1.54, 1.807) is 0 Å². The summed E-state index contributed by atoms with van der Waals surface area (Å²) in [7, 11) is 0. The first-order chi connectivity index (χ1) is 16.8. The van der Waals surface area contributed by atoms with Crippen molar-refractivity contribution in [2.45, 2.75) is 26.3 Å².